The Morgan fingerprint density at radius 1 is 0.957 bits per heavy atom. The number of carbonyl (C=O) groups is 6. The number of benzene rings is 2. The Kier molecular flexibility index (Phi) is 12.1. The van der Waals surface area contributed by atoms with Crippen LogP contribution in [0.25, 0.3) is 0 Å². The summed E-state index contributed by atoms with van der Waals surface area (Å²) in [6.07, 6.45) is -0.462. The summed E-state index contributed by atoms with van der Waals surface area (Å²) < 4.78 is 5.91. The van der Waals surface area contributed by atoms with Crippen LogP contribution in [-0.2, 0) is 25.7 Å². The fourth-order valence-corrected chi connectivity index (χ4v) is 5.24. The molecule has 7 amide bonds. The van der Waals surface area contributed by atoms with Gasteiger partial charge in [0.25, 0.3) is 5.91 Å². The predicted octanol–water partition coefficient (Wildman–Crippen LogP) is 0.383. The number of nitrogens with one attached hydrogen (secondary N) is 5. The molecule has 2 aliphatic heterocycles. The second-order valence-electron chi connectivity index (χ2n) is 12.0. The molecular weight excluding hydrogens is 606 g/mol. The first-order valence-corrected chi connectivity index (χ1v) is 15.8. The molecule has 0 aromatic heterocycles. The highest BCUT2D eigenvalue weighted by Crippen LogP contribution is 2.19. The molecule has 14 heteroatoms. The molecule has 5 N–H and O–H groups in total. The molecule has 0 spiro atoms. The van der Waals surface area contributed by atoms with Crippen molar-refractivity contribution in [3.63, 3.8) is 0 Å². The quantitative estimate of drug-likeness (QED) is 0.288. The number of urea groups is 1. The standard InChI is InChI=1S/C33H43N7O7/c1-21(2)29-32(45)36-22(3)20-47-26-12-8-7-11-24(26)30(43)37-25(31(44)34-13-15-39-16-14-35-33(39)46)17-28(42)40(19-27(41)38-29)18-23-9-5-4-6-10-23/h4-12,21-22,25,29H,13-20H2,1-3H3,(H,34,44)(H,35,46)(H,36,45)(H,37,43)(H,38,41)/t22-,25-,29+/m0/s1. The van der Waals surface area contributed by atoms with Crippen LogP contribution in [0.5, 0.6) is 5.75 Å². The molecule has 252 valence electrons. The van der Waals surface area contributed by atoms with E-state index in [9.17, 15) is 28.8 Å². The van der Waals surface area contributed by atoms with E-state index in [2.05, 4.69) is 26.6 Å². The predicted molar refractivity (Wildman–Crippen MR) is 172 cm³/mol. The van der Waals surface area contributed by atoms with Gasteiger partial charge in [0.2, 0.25) is 23.6 Å². The number of nitrogens with zero attached hydrogens (tertiary/aromatic N) is 2. The Bertz CT molecular complexity index is 1450. The lowest BCUT2D eigenvalue weighted by Crippen LogP contribution is -2.55. The maximum Gasteiger partial charge on any atom is 0.317 e. The van der Waals surface area contributed by atoms with Crippen molar-refractivity contribution < 1.29 is 33.5 Å². The highest BCUT2D eigenvalue weighted by atomic mass is 16.5. The average molecular weight is 650 g/mol. The van der Waals surface area contributed by atoms with Crippen molar-refractivity contribution in [1.29, 1.82) is 0 Å². The van der Waals surface area contributed by atoms with Crippen LogP contribution in [0.2, 0.25) is 0 Å². The van der Waals surface area contributed by atoms with Gasteiger partial charge in [-0.05, 0) is 30.5 Å². The molecule has 2 aromatic rings. The third-order valence-corrected chi connectivity index (χ3v) is 7.80. The fraction of sp³-hybridized carbons (Fsp3) is 0.455. The Balaban J connectivity index is 1.64. The van der Waals surface area contributed by atoms with Crippen molar-refractivity contribution >= 4 is 35.6 Å². The Morgan fingerprint density at radius 3 is 2.38 bits per heavy atom. The van der Waals surface area contributed by atoms with Crippen LogP contribution in [0, 0.1) is 5.92 Å². The van der Waals surface area contributed by atoms with Crippen molar-refractivity contribution in [2.75, 3.05) is 39.3 Å². The first-order valence-electron chi connectivity index (χ1n) is 15.8. The number of carbonyl (C=O) groups excluding carboxylic acids is 6. The molecule has 0 unspecified atom stereocenters. The van der Waals surface area contributed by atoms with Crippen LogP contribution in [0.1, 0.15) is 43.1 Å². The van der Waals surface area contributed by atoms with Gasteiger partial charge in [0, 0.05) is 32.7 Å². The lowest BCUT2D eigenvalue weighted by Gasteiger charge is -2.27. The van der Waals surface area contributed by atoms with Crippen LogP contribution in [0.15, 0.2) is 54.6 Å². The minimum atomic E-state index is -1.32. The third-order valence-electron chi connectivity index (χ3n) is 7.80. The van der Waals surface area contributed by atoms with Gasteiger partial charge >= 0.3 is 6.03 Å². The number of ether oxygens (including phenoxy) is 1. The Morgan fingerprint density at radius 2 is 1.68 bits per heavy atom. The van der Waals surface area contributed by atoms with Gasteiger partial charge in [0.1, 0.15) is 24.4 Å². The Labute approximate surface area is 273 Å². The molecule has 0 radical (unpaired) electrons. The van der Waals surface area contributed by atoms with Gasteiger partial charge < -0.3 is 41.1 Å². The van der Waals surface area contributed by atoms with Crippen molar-refractivity contribution in [3.05, 3.63) is 65.7 Å². The van der Waals surface area contributed by atoms with Gasteiger partial charge in [-0.1, -0.05) is 56.3 Å². The summed E-state index contributed by atoms with van der Waals surface area (Å²) in [5.74, 6) is -2.87. The lowest BCUT2D eigenvalue weighted by molar-refractivity contribution is -0.139. The number of para-hydroxylation sites is 1. The molecule has 0 aliphatic carbocycles. The minimum Gasteiger partial charge on any atom is -0.491 e. The van der Waals surface area contributed by atoms with Gasteiger partial charge in [-0.3, -0.25) is 24.0 Å². The van der Waals surface area contributed by atoms with E-state index in [1.165, 1.54) is 11.0 Å². The van der Waals surface area contributed by atoms with Crippen molar-refractivity contribution in [1.82, 2.24) is 36.4 Å². The number of hydrogen-bond acceptors (Lipinski definition) is 7. The van der Waals surface area contributed by atoms with Crippen molar-refractivity contribution in [2.45, 2.75) is 51.9 Å². The van der Waals surface area contributed by atoms with Gasteiger partial charge in [-0.15, -0.1) is 0 Å². The van der Waals surface area contributed by atoms with E-state index in [-0.39, 0.29) is 49.5 Å². The van der Waals surface area contributed by atoms with E-state index < -0.39 is 60.6 Å². The van der Waals surface area contributed by atoms with Crippen molar-refractivity contribution in [3.8, 4) is 5.75 Å². The molecule has 14 nitrogen and oxygen atoms in total. The first-order chi connectivity index (χ1) is 22.5. The zero-order valence-electron chi connectivity index (χ0n) is 26.9. The lowest BCUT2D eigenvalue weighted by atomic mass is 10.0. The number of rotatable bonds is 7. The largest absolute Gasteiger partial charge is 0.491 e. The molecular formula is C33H43N7O7. The highest BCUT2D eigenvalue weighted by Gasteiger charge is 2.31. The van der Waals surface area contributed by atoms with E-state index in [0.717, 1.165) is 5.56 Å². The average Bonchev–Trinajstić information content (AvgIpc) is 3.45. The molecule has 0 bridgehead atoms. The monoisotopic (exact) mass is 649 g/mol. The zero-order valence-corrected chi connectivity index (χ0v) is 26.9. The summed E-state index contributed by atoms with van der Waals surface area (Å²) in [7, 11) is 0. The molecule has 47 heavy (non-hydrogen) atoms. The van der Waals surface area contributed by atoms with E-state index in [1.807, 2.05) is 6.07 Å². The zero-order chi connectivity index (χ0) is 33.9. The molecule has 3 atom stereocenters. The molecule has 0 saturated carbocycles. The summed E-state index contributed by atoms with van der Waals surface area (Å²) >= 11 is 0. The maximum atomic E-state index is 13.9. The van der Waals surface area contributed by atoms with Crippen LogP contribution in [0.4, 0.5) is 4.79 Å². The van der Waals surface area contributed by atoms with Crippen LogP contribution >= 0.6 is 0 Å². The van der Waals surface area contributed by atoms with Gasteiger partial charge in [0.05, 0.1) is 24.6 Å². The summed E-state index contributed by atoms with van der Waals surface area (Å²) in [6.45, 7) is 6.35. The highest BCUT2D eigenvalue weighted by molar-refractivity contribution is 6.01. The summed E-state index contributed by atoms with van der Waals surface area (Å²) in [6, 6.07) is 12.6. The number of hydrogen-bond donors (Lipinski definition) is 5. The molecule has 1 fully saturated rings. The number of fused-ring (bicyclic) bond motifs is 1. The second-order valence-corrected chi connectivity index (χ2v) is 12.0. The molecule has 2 aromatic carbocycles. The summed E-state index contributed by atoms with van der Waals surface area (Å²) in [4.78, 5) is 82.3. The minimum absolute atomic E-state index is 0.0200. The fourth-order valence-electron chi connectivity index (χ4n) is 5.24. The van der Waals surface area contributed by atoms with Crippen LogP contribution in [0.3, 0.4) is 0 Å². The second kappa shape index (κ2) is 16.4. The first kappa shape index (κ1) is 34.7. The van der Waals surface area contributed by atoms with E-state index in [4.69, 9.17) is 4.74 Å². The maximum absolute atomic E-state index is 13.9. The third kappa shape index (κ3) is 9.92. The van der Waals surface area contributed by atoms with Gasteiger partial charge in [-0.25, -0.2) is 4.79 Å². The topological polar surface area (TPSA) is 178 Å². The molecule has 2 aliphatic rings. The van der Waals surface area contributed by atoms with E-state index in [0.29, 0.717) is 13.1 Å². The van der Waals surface area contributed by atoms with Crippen LogP contribution < -0.4 is 31.3 Å². The molecule has 2 heterocycles. The van der Waals surface area contributed by atoms with E-state index in [1.54, 1.807) is 68.1 Å². The smallest absolute Gasteiger partial charge is 0.317 e. The summed E-state index contributed by atoms with van der Waals surface area (Å²) in [5, 5.41) is 13.7. The molecule has 1 saturated heterocycles. The summed E-state index contributed by atoms with van der Waals surface area (Å²) in [5.41, 5.74) is 0.874. The normalized spacial score (nSPS) is 21.5. The SMILES string of the molecule is CC(C)[C@H]1NC(=O)CN(Cc2ccccc2)C(=O)C[C@@H](C(=O)NCCN2CCNC2=O)NC(=O)c2ccccc2OC[C@H](C)NC1=O. The van der Waals surface area contributed by atoms with E-state index >= 15 is 0 Å². The van der Waals surface area contributed by atoms with Gasteiger partial charge in [-0.2, -0.15) is 0 Å². The Hall–Kier alpha value is -5.14. The number of amides is 7. The van der Waals surface area contributed by atoms with Crippen LogP contribution in [-0.4, -0.2) is 103 Å². The van der Waals surface area contributed by atoms with Gasteiger partial charge in [0.15, 0.2) is 0 Å². The molecule has 4 rings (SSSR count). The van der Waals surface area contributed by atoms with Crippen molar-refractivity contribution in [2.24, 2.45) is 5.92 Å².